The normalized spacial score (nSPS) is 17.3. The number of furan rings is 1. The summed E-state index contributed by atoms with van der Waals surface area (Å²) < 4.78 is 8.67. The number of aromatic nitrogens is 4. The van der Waals surface area contributed by atoms with Crippen molar-refractivity contribution in [3.63, 3.8) is 0 Å². The van der Waals surface area contributed by atoms with Gasteiger partial charge in [-0.2, -0.15) is 9.97 Å². The highest BCUT2D eigenvalue weighted by atomic mass is 16.3. The van der Waals surface area contributed by atoms with E-state index in [0.29, 0.717) is 29.4 Å². The Bertz CT molecular complexity index is 2730. The summed E-state index contributed by atoms with van der Waals surface area (Å²) in [5, 5.41) is 4.43. The topological polar surface area (TPSA) is 56.7 Å². The van der Waals surface area contributed by atoms with Gasteiger partial charge in [-0.25, -0.2) is 4.98 Å². The lowest BCUT2D eigenvalue weighted by atomic mass is 9.79. The third kappa shape index (κ3) is 4.73. The van der Waals surface area contributed by atoms with Crippen molar-refractivity contribution in [3.05, 3.63) is 163 Å². The number of hydrogen-bond donors (Lipinski definition) is 0. The maximum absolute atomic E-state index is 6.46. The van der Waals surface area contributed by atoms with Crippen LogP contribution in [-0.2, 0) is 0 Å². The molecule has 0 radical (unpaired) electrons. The van der Waals surface area contributed by atoms with Crippen molar-refractivity contribution < 1.29 is 4.42 Å². The molecular weight excluding hydrogens is 613 g/mol. The van der Waals surface area contributed by atoms with Crippen LogP contribution in [0.2, 0.25) is 0 Å². The molecule has 5 heteroatoms. The first-order chi connectivity index (χ1) is 24.8. The maximum atomic E-state index is 6.46. The molecule has 2 aliphatic carbocycles. The van der Waals surface area contributed by atoms with Crippen molar-refractivity contribution in [2.75, 3.05) is 0 Å². The van der Waals surface area contributed by atoms with Gasteiger partial charge >= 0.3 is 0 Å². The number of rotatable bonds is 5. The molecule has 0 aliphatic heterocycles. The Labute approximate surface area is 289 Å². The van der Waals surface area contributed by atoms with Crippen molar-refractivity contribution in [2.45, 2.75) is 12.8 Å². The van der Waals surface area contributed by atoms with Crippen molar-refractivity contribution in [1.29, 1.82) is 0 Å². The average Bonchev–Trinajstić information content (AvgIpc) is 3.74. The highest BCUT2D eigenvalue weighted by Gasteiger charge is 2.23. The Morgan fingerprint density at radius 2 is 1.36 bits per heavy atom. The van der Waals surface area contributed by atoms with Crippen molar-refractivity contribution in [3.8, 4) is 28.7 Å². The molecule has 8 aromatic rings. The van der Waals surface area contributed by atoms with Gasteiger partial charge in [0.05, 0.1) is 16.6 Å². The van der Waals surface area contributed by atoms with E-state index in [1.807, 2.05) is 54.6 Å². The van der Waals surface area contributed by atoms with E-state index in [9.17, 15) is 0 Å². The lowest BCUT2D eigenvalue weighted by Gasteiger charge is -2.26. The number of nitrogens with zero attached hydrogens (tertiary/aromatic N) is 4. The van der Waals surface area contributed by atoms with Crippen LogP contribution in [0.1, 0.15) is 18.4 Å². The zero-order chi connectivity index (χ0) is 33.0. The Morgan fingerprint density at radius 1 is 0.580 bits per heavy atom. The van der Waals surface area contributed by atoms with Crippen LogP contribution in [0.15, 0.2) is 162 Å². The third-order valence-corrected chi connectivity index (χ3v) is 10.2. The molecule has 0 saturated heterocycles. The van der Waals surface area contributed by atoms with E-state index in [-0.39, 0.29) is 0 Å². The van der Waals surface area contributed by atoms with Crippen LogP contribution in [0.25, 0.3) is 78.0 Å². The molecule has 0 fully saturated rings. The number of allylic oxidation sites excluding steroid dienone is 8. The Morgan fingerprint density at radius 3 is 2.26 bits per heavy atom. The molecule has 3 heterocycles. The highest BCUT2D eigenvalue weighted by Crippen LogP contribution is 2.39. The molecule has 0 N–H and O–H groups in total. The number of benzene rings is 5. The zero-order valence-electron chi connectivity index (χ0n) is 27.3. The van der Waals surface area contributed by atoms with Gasteiger partial charge in [0.25, 0.3) is 0 Å². The molecule has 2 unspecified atom stereocenters. The van der Waals surface area contributed by atoms with Gasteiger partial charge in [0.15, 0.2) is 11.6 Å². The molecule has 2 atom stereocenters. The van der Waals surface area contributed by atoms with E-state index in [4.69, 9.17) is 19.4 Å². The summed E-state index contributed by atoms with van der Waals surface area (Å²) in [7, 11) is 0. The van der Waals surface area contributed by atoms with Gasteiger partial charge in [0.2, 0.25) is 5.95 Å². The summed E-state index contributed by atoms with van der Waals surface area (Å²) >= 11 is 0. The lowest BCUT2D eigenvalue weighted by Crippen LogP contribution is -2.13. The zero-order valence-corrected chi connectivity index (χ0v) is 27.3. The Balaban J connectivity index is 1.18. The van der Waals surface area contributed by atoms with Gasteiger partial charge in [-0.05, 0) is 60.1 Å². The van der Waals surface area contributed by atoms with Crippen molar-refractivity contribution in [2.24, 2.45) is 11.8 Å². The molecule has 0 amide bonds. The maximum Gasteiger partial charge on any atom is 0.238 e. The van der Waals surface area contributed by atoms with E-state index in [0.717, 1.165) is 67.7 Å². The van der Waals surface area contributed by atoms with E-state index >= 15 is 0 Å². The fourth-order valence-corrected chi connectivity index (χ4v) is 7.74. The molecule has 50 heavy (non-hydrogen) atoms. The minimum absolute atomic E-state index is 0.471. The van der Waals surface area contributed by atoms with Crippen molar-refractivity contribution >= 4 is 49.3 Å². The minimum Gasteiger partial charge on any atom is -0.455 e. The number of hydrogen-bond acceptors (Lipinski definition) is 4. The monoisotopic (exact) mass is 644 g/mol. The van der Waals surface area contributed by atoms with Crippen LogP contribution < -0.4 is 0 Å². The van der Waals surface area contributed by atoms with Crippen LogP contribution in [0.4, 0.5) is 0 Å². The summed E-state index contributed by atoms with van der Waals surface area (Å²) in [6.45, 7) is 0. The minimum atomic E-state index is 0.471. The SMILES string of the molecule is C1=CCC(C2C=CC=C(c3ccc4c5ccccc5n(-c5nc(-c6ccccc6)nc(-c6cccc7c6oc6ccccc67)n5)c4c3)C2)C=C1. The van der Waals surface area contributed by atoms with Crippen LogP contribution in [-0.4, -0.2) is 19.5 Å². The Hall–Kier alpha value is -6.33. The molecule has 0 saturated carbocycles. The second-order valence-corrected chi connectivity index (χ2v) is 13.2. The fourth-order valence-electron chi connectivity index (χ4n) is 7.74. The molecule has 2 aliphatic rings. The molecule has 5 nitrogen and oxygen atoms in total. The van der Waals surface area contributed by atoms with E-state index < -0.39 is 0 Å². The first-order valence-corrected chi connectivity index (χ1v) is 17.3. The summed E-state index contributed by atoms with van der Waals surface area (Å²) in [5.74, 6) is 2.74. The third-order valence-electron chi connectivity index (χ3n) is 10.2. The molecular formula is C45H32N4O. The van der Waals surface area contributed by atoms with Crippen LogP contribution in [0.3, 0.4) is 0 Å². The van der Waals surface area contributed by atoms with Crippen LogP contribution in [0, 0.1) is 11.8 Å². The first-order valence-electron chi connectivity index (χ1n) is 17.3. The van der Waals surface area contributed by atoms with E-state index in [1.165, 1.54) is 11.1 Å². The smallest absolute Gasteiger partial charge is 0.238 e. The molecule has 0 spiro atoms. The van der Waals surface area contributed by atoms with Gasteiger partial charge in [-0.15, -0.1) is 0 Å². The van der Waals surface area contributed by atoms with Crippen molar-refractivity contribution in [1.82, 2.24) is 19.5 Å². The van der Waals surface area contributed by atoms with Gasteiger partial charge in [0, 0.05) is 27.1 Å². The first kappa shape index (κ1) is 28.7. The van der Waals surface area contributed by atoms with Crippen LogP contribution in [0.5, 0.6) is 0 Å². The number of fused-ring (bicyclic) bond motifs is 6. The highest BCUT2D eigenvalue weighted by molar-refractivity contribution is 6.10. The average molecular weight is 645 g/mol. The predicted molar refractivity (Wildman–Crippen MR) is 204 cm³/mol. The van der Waals surface area contributed by atoms with Crippen LogP contribution >= 0.6 is 0 Å². The molecule has 238 valence electrons. The quantitative estimate of drug-likeness (QED) is 0.187. The lowest BCUT2D eigenvalue weighted by molar-refractivity contribution is 0.483. The number of para-hydroxylation sites is 3. The molecule has 0 bridgehead atoms. The van der Waals surface area contributed by atoms with Gasteiger partial charge in [-0.1, -0.05) is 134 Å². The fraction of sp³-hybridized carbons (Fsp3) is 0.0889. The van der Waals surface area contributed by atoms with Gasteiger partial charge in [0.1, 0.15) is 11.2 Å². The summed E-state index contributed by atoms with van der Waals surface area (Å²) in [6, 6.07) is 39.8. The van der Waals surface area contributed by atoms with Gasteiger partial charge < -0.3 is 4.42 Å². The summed E-state index contributed by atoms with van der Waals surface area (Å²) in [5.41, 5.74) is 8.04. The summed E-state index contributed by atoms with van der Waals surface area (Å²) in [6.07, 6.45) is 17.9. The standard InChI is InChI=1S/C45H32N4O/c1-3-13-29(14-4-1)31-17-11-18-32(27-31)33-25-26-35-34-19-7-9-23-39(34)49(40(35)28-33)45-47-43(30-15-5-2-6-16-30)46-44(48-45)38-22-12-21-37-36-20-8-10-24-41(36)50-42(37)38/h1-13,15-26,28-29,31H,14,27H2. The van der Waals surface area contributed by atoms with Gasteiger partial charge in [-0.3, -0.25) is 4.57 Å². The van der Waals surface area contributed by atoms with E-state index in [2.05, 4.69) is 108 Å². The largest absolute Gasteiger partial charge is 0.455 e. The Kier molecular flexibility index (Phi) is 6.69. The predicted octanol–water partition coefficient (Wildman–Crippen LogP) is 11.3. The molecule has 10 rings (SSSR count). The second-order valence-electron chi connectivity index (χ2n) is 13.2. The molecule has 3 aromatic heterocycles. The molecule has 5 aromatic carbocycles. The second kappa shape index (κ2) is 11.7. The summed E-state index contributed by atoms with van der Waals surface area (Å²) in [4.78, 5) is 15.5. The van der Waals surface area contributed by atoms with E-state index in [1.54, 1.807) is 0 Å².